The third kappa shape index (κ3) is 4.20. The van der Waals surface area contributed by atoms with E-state index in [1.165, 1.54) is 11.9 Å². The van der Waals surface area contributed by atoms with Crippen molar-refractivity contribution in [3.63, 3.8) is 0 Å². The van der Waals surface area contributed by atoms with Crippen LogP contribution >= 0.6 is 0 Å². The fraction of sp³-hybridized carbons (Fsp3) is 0.130. The summed E-state index contributed by atoms with van der Waals surface area (Å²) in [5, 5.41) is 14.3. The van der Waals surface area contributed by atoms with Crippen molar-refractivity contribution in [2.45, 2.75) is 13.5 Å². The number of amides is 1. The quantitative estimate of drug-likeness (QED) is 0.534. The van der Waals surface area contributed by atoms with E-state index in [-0.39, 0.29) is 5.91 Å². The summed E-state index contributed by atoms with van der Waals surface area (Å²) >= 11 is 0. The Labute approximate surface area is 175 Å². The largest absolute Gasteiger partial charge is 0.369 e. The lowest BCUT2D eigenvalue weighted by Gasteiger charge is -2.23. The minimum Gasteiger partial charge on any atom is -0.369 e. The van der Waals surface area contributed by atoms with Gasteiger partial charge in [-0.15, -0.1) is 5.10 Å². The van der Waals surface area contributed by atoms with Gasteiger partial charge in [-0.2, -0.15) is 0 Å². The SMILES string of the molecule is Cc1cc(C(=O)Nc2ccccc2N(C)Cc2ccccc2)ccc1-n1cnnn1. The van der Waals surface area contributed by atoms with Crippen LogP contribution in [-0.4, -0.2) is 33.2 Å². The molecule has 7 nitrogen and oxygen atoms in total. The molecular formula is C23H22N6O. The van der Waals surface area contributed by atoms with E-state index in [4.69, 9.17) is 0 Å². The molecule has 0 saturated heterocycles. The average Bonchev–Trinajstić information content (AvgIpc) is 3.29. The van der Waals surface area contributed by atoms with E-state index in [2.05, 4.69) is 37.9 Å². The number of nitrogens with zero attached hydrogens (tertiary/aromatic N) is 5. The van der Waals surface area contributed by atoms with E-state index in [0.717, 1.165) is 29.2 Å². The second-order valence-corrected chi connectivity index (χ2v) is 7.07. The van der Waals surface area contributed by atoms with Gasteiger partial charge >= 0.3 is 0 Å². The van der Waals surface area contributed by atoms with Crippen molar-refractivity contribution in [2.24, 2.45) is 0 Å². The molecule has 1 amide bonds. The van der Waals surface area contributed by atoms with Crippen molar-refractivity contribution < 1.29 is 4.79 Å². The summed E-state index contributed by atoms with van der Waals surface area (Å²) in [6.45, 7) is 2.67. The van der Waals surface area contributed by atoms with Crippen molar-refractivity contribution in [3.8, 4) is 5.69 Å². The van der Waals surface area contributed by atoms with Crippen molar-refractivity contribution in [2.75, 3.05) is 17.3 Å². The summed E-state index contributed by atoms with van der Waals surface area (Å²) in [4.78, 5) is 15.0. The maximum atomic E-state index is 12.9. The molecule has 1 aromatic heterocycles. The van der Waals surface area contributed by atoms with Crippen LogP contribution in [0.5, 0.6) is 0 Å². The highest BCUT2D eigenvalue weighted by Gasteiger charge is 2.13. The first kappa shape index (κ1) is 19.3. The van der Waals surface area contributed by atoms with Crippen LogP contribution in [0.4, 0.5) is 11.4 Å². The minimum absolute atomic E-state index is 0.165. The number of nitrogens with one attached hydrogen (secondary N) is 1. The second-order valence-electron chi connectivity index (χ2n) is 7.07. The van der Waals surface area contributed by atoms with Gasteiger partial charge in [-0.1, -0.05) is 42.5 Å². The Morgan fingerprint density at radius 2 is 1.80 bits per heavy atom. The van der Waals surface area contributed by atoms with Gasteiger partial charge in [-0.3, -0.25) is 4.79 Å². The molecule has 0 fully saturated rings. The maximum absolute atomic E-state index is 12.9. The van der Waals surface area contributed by atoms with Crippen molar-refractivity contribution in [1.82, 2.24) is 20.2 Å². The molecule has 1 N–H and O–H groups in total. The lowest BCUT2D eigenvalue weighted by atomic mass is 10.1. The van der Waals surface area contributed by atoms with Gasteiger partial charge in [0.1, 0.15) is 6.33 Å². The molecule has 0 aliphatic carbocycles. The Morgan fingerprint density at radius 1 is 1.03 bits per heavy atom. The number of carbonyl (C=O) groups excluding carboxylic acids is 1. The highest BCUT2D eigenvalue weighted by atomic mass is 16.1. The first-order chi connectivity index (χ1) is 14.6. The van der Waals surface area contributed by atoms with E-state index < -0.39 is 0 Å². The zero-order valence-corrected chi connectivity index (χ0v) is 16.9. The van der Waals surface area contributed by atoms with Gasteiger partial charge in [0, 0.05) is 19.2 Å². The van der Waals surface area contributed by atoms with Gasteiger partial charge < -0.3 is 10.2 Å². The van der Waals surface area contributed by atoms with Crippen molar-refractivity contribution in [1.29, 1.82) is 0 Å². The number of aromatic nitrogens is 4. The zero-order chi connectivity index (χ0) is 20.9. The normalized spacial score (nSPS) is 10.6. The molecule has 0 aliphatic heterocycles. The number of hydrogen-bond acceptors (Lipinski definition) is 5. The fourth-order valence-corrected chi connectivity index (χ4v) is 3.37. The van der Waals surface area contributed by atoms with Crippen LogP contribution in [0, 0.1) is 6.92 Å². The van der Waals surface area contributed by atoms with Crippen LogP contribution in [-0.2, 0) is 6.54 Å². The molecule has 0 unspecified atom stereocenters. The number of aryl methyl sites for hydroxylation is 1. The molecule has 0 radical (unpaired) electrons. The van der Waals surface area contributed by atoms with E-state index in [1.807, 2.05) is 68.6 Å². The summed E-state index contributed by atoms with van der Waals surface area (Å²) in [5.74, 6) is -0.165. The molecule has 1 heterocycles. The van der Waals surface area contributed by atoms with E-state index in [9.17, 15) is 4.79 Å². The predicted octanol–water partition coefficient (Wildman–Crippen LogP) is 3.86. The Morgan fingerprint density at radius 3 is 2.53 bits per heavy atom. The third-order valence-electron chi connectivity index (χ3n) is 4.88. The highest BCUT2D eigenvalue weighted by Crippen LogP contribution is 2.27. The number of tetrazole rings is 1. The van der Waals surface area contributed by atoms with Gasteiger partial charge in [-0.05, 0) is 58.8 Å². The minimum atomic E-state index is -0.165. The summed E-state index contributed by atoms with van der Waals surface area (Å²) in [7, 11) is 2.02. The molecule has 0 saturated carbocycles. The highest BCUT2D eigenvalue weighted by molar-refractivity contribution is 6.06. The Hall–Kier alpha value is -4.00. The third-order valence-corrected chi connectivity index (χ3v) is 4.88. The Balaban J connectivity index is 1.53. The topological polar surface area (TPSA) is 75.9 Å². The molecular weight excluding hydrogens is 376 g/mol. The van der Waals surface area contributed by atoms with Gasteiger partial charge in [-0.25, -0.2) is 4.68 Å². The zero-order valence-electron chi connectivity index (χ0n) is 16.9. The summed E-state index contributed by atoms with van der Waals surface area (Å²) in [5.41, 5.74) is 5.24. The fourth-order valence-electron chi connectivity index (χ4n) is 3.37. The lowest BCUT2D eigenvalue weighted by molar-refractivity contribution is 0.102. The van der Waals surface area contributed by atoms with Crippen LogP contribution < -0.4 is 10.2 Å². The van der Waals surface area contributed by atoms with Crippen LogP contribution in [0.25, 0.3) is 5.69 Å². The standard InChI is InChI=1S/C23H22N6O/c1-17-14-19(12-13-21(17)29-16-24-26-27-29)23(30)25-20-10-6-7-11-22(20)28(2)15-18-8-4-3-5-9-18/h3-14,16H,15H2,1-2H3,(H,25,30). The molecule has 30 heavy (non-hydrogen) atoms. The molecule has 0 bridgehead atoms. The first-order valence-corrected chi connectivity index (χ1v) is 9.61. The number of rotatable bonds is 6. The van der Waals surface area contributed by atoms with Crippen LogP contribution in [0.1, 0.15) is 21.5 Å². The smallest absolute Gasteiger partial charge is 0.255 e. The van der Waals surface area contributed by atoms with E-state index >= 15 is 0 Å². The van der Waals surface area contributed by atoms with Gasteiger partial charge in [0.2, 0.25) is 0 Å². The van der Waals surface area contributed by atoms with Crippen LogP contribution in [0.2, 0.25) is 0 Å². The molecule has 4 aromatic rings. The maximum Gasteiger partial charge on any atom is 0.255 e. The molecule has 0 spiro atoms. The van der Waals surface area contributed by atoms with Crippen molar-refractivity contribution in [3.05, 3.63) is 95.8 Å². The van der Waals surface area contributed by atoms with Crippen LogP contribution in [0.3, 0.4) is 0 Å². The van der Waals surface area contributed by atoms with E-state index in [0.29, 0.717) is 5.56 Å². The monoisotopic (exact) mass is 398 g/mol. The van der Waals surface area contributed by atoms with Crippen LogP contribution in [0.15, 0.2) is 79.1 Å². The molecule has 150 valence electrons. The lowest BCUT2D eigenvalue weighted by Crippen LogP contribution is -2.20. The number of hydrogen-bond donors (Lipinski definition) is 1. The summed E-state index contributed by atoms with van der Waals surface area (Å²) in [6, 6.07) is 23.5. The number of para-hydroxylation sites is 2. The summed E-state index contributed by atoms with van der Waals surface area (Å²) in [6.07, 6.45) is 1.53. The van der Waals surface area contributed by atoms with E-state index in [1.54, 1.807) is 10.7 Å². The molecule has 0 aliphatic rings. The molecule has 7 heteroatoms. The molecule has 4 rings (SSSR count). The predicted molar refractivity (Wildman–Crippen MR) is 117 cm³/mol. The van der Waals surface area contributed by atoms with Gasteiger partial charge in [0.15, 0.2) is 0 Å². The first-order valence-electron chi connectivity index (χ1n) is 9.61. The number of benzene rings is 3. The molecule has 3 aromatic carbocycles. The van der Waals surface area contributed by atoms with Crippen molar-refractivity contribution >= 4 is 17.3 Å². The average molecular weight is 398 g/mol. The number of carbonyl (C=O) groups is 1. The molecule has 0 atom stereocenters. The van der Waals surface area contributed by atoms with Gasteiger partial charge in [0.05, 0.1) is 17.1 Å². The Kier molecular flexibility index (Phi) is 5.52. The number of anilines is 2. The van der Waals surface area contributed by atoms with Gasteiger partial charge in [0.25, 0.3) is 5.91 Å². The Bertz CT molecular complexity index is 1140. The second kappa shape index (κ2) is 8.57. The summed E-state index contributed by atoms with van der Waals surface area (Å²) < 4.78 is 1.57.